The van der Waals surface area contributed by atoms with E-state index in [1.165, 1.54) is 16.5 Å². The van der Waals surface area contributed by atoms with Crippen LogP contribution < -0.4 is 9.64 Å². The van der Waals surface area contributed by atoms with E-state index < -0.39 is 16.8 Å². The van der Waals surface area contributed by atoms with Crippen LogP contribution >= 0.6 is 0 Å². The van der Waals surface area contributed by atoms with Crippen molar-refractivity contribution in [2.45, 2.75) is 32.6 Å². The molecule has 0 radical (unpaired) electrons. The monoisotopic (exact) mass is 458 g/mol. The number of hydrogen-bond donors (Lipinski definition) is 0. The summed E-state index contributed by atoms with van der Waals surface area (Å²) in [4.78, 5) is 37.5. The molecular formula is C27H26N2O5. The van der Waals surface area contributed by atoms with E-state index in [9.17, 15) is 19.7 Å². The Morgan fingerprint density at radius 2 is 1.68 bits per heavy atom. The molecule has 1 aliphatic rings. The van der Waals surface area contributed by atoms with Gasteiger partial charge >= 0.3 is 5.97 Å². The minimum absolute atomic E-state index is 0.000368. The summed E-state index contributed by atoms with van der Waals surface area (Å²) in [7, 11) is 0. The summed E-state index contributed by atoms with van der Waals surface area (Å²) in [6, 6.07) is 22.2. The maximum Gasteiger partial charge on any atom is 0.316 e. The number of ether oxygens (including phenoxy) is 1. The number of anilines is 1. The van der Waals surface area contributed by atoms with E-state index in [1.807, 2.05) is 30.3 Å². The average Bonchev–Trinajstić information content (AvgIpc) is 3.22. The van der Waals surface area contributed by atoms with Gasteiger partial charge in [-0.15, -0.1) is 0 Å². The van der Waals surface area contributed by atoms with Crippen LogP contribution in [0.2, 0.25) is 0 Å². The molecule has 1 saturated heterocycles. The first-order chi connectivity index (χ1) is 16.2. The lowest BCUT2D eigenvalue weighted by Gasteiger charge is -2.26. The Kier molecular flexibility index (Phi) is 6.20. The predicted octanol–water partition coefficient (Wildman–Crippen LogP) is 5.19. The van der Waals surface area contributed by atoms with E-state index in [4.69, 9.17) is 4.74 Å². The lowest BCUT2D eigenvalue weighted by atomic mass is 9.78. The Bertz CT molecular complexity index is 1240. The Morgan fingerprint density at radius 1 is 1.03 bits per heavy atom. The molecule has 1 atom stereocenters. The van der Waals surface area contributed by atoms with Crippen molar-refractivity contribution in [2.24, 2.45) is 5.92 Å². The van der Waals surface area contributed by atoms with Crippen molar-refractivity contribution in [1.29, 1.82) is 0 Å². The summed E-state index contributed by atoms with van der Waals surface area (Å²) in [5.74, 6) is -0.990. The van der Waals surface area contributed by atoms with Crippen LogP contribution in [0, 0.1) is 23.0 Å². The Hall–Kier alpha value is -4.00. The van der Waals surface area contributed by atoms with Crippen LogP contribution in [0.15, 0.2) is 72.8 Å². The van der Waals surface area contributed by atoms with E-state index in [0.29, 0.717) is 17.0 Å². The third-order valence-electron chi connectivity index (χ3n) is 6.45. The number of amides is 1. The molecule has 7 nitrogen and oxygen atoms in total. The van der Waals surface area contributed by atoms with Crippen molar-refractivity contribution >= 4 is 23.3 Å². The largest absolute Gasteiger partial charge is 0.426 e. The van der Waals surface area contributed by atoms with E-state index in [2.05, 4.69) is 26.0 Å². The Morgan fingerprint density at radius 3 is 2.32 bits per heavy atom. The van der Waals surface area contributed by atoms with Crippen molar-refractivity contribution in [1.82, 2.24) is 0 Å². The molecule has 34 heavy (non-hydrogen) atoms. The SMILES string of the molecule is Cc1ccc(N2C[C@H](C(=O)Oc3ccc(C(C)(C)c4ccccc4)cc3)CC2=O)cc1[N+](=O)[O-]. The van der Waals surface area contributed by atoms with E-state index in [-0.39, 0.29) is 30.0 Å². The second kappa shape index (κ2) is 9.09. The average molecular weight is 459 g/mol. The van der Waals surface area contributed by atoms with Gasteiger partial charge in [0.15, 0.2) is 0 Å². The standard InChI is InChI=1S/C27H26N2O5/c1-18-9-12-22(16-24(18)29(32)33)28-17-19(15-25(28)30)26(31)34-23-13-10-21(11-14-23)27(2,3)20-7-5-4-6-8-20/h4-14,16,19H,15,17H2,1-3H3/t19-/m1/s1. The van der Waals surface area contributed by atoms with E-state index >= 15 is 0 Å². The highest BCUT2D eigenvalue weighted by atomic mass is 16.6. The number of carbonyl (C=O) groups excluding carboxylic acids is 2. The summed E-state index contributed by atoms with van der Waals surface area (Å²) in [5, 5.41) is 11.2. The van der Waals surface area contributed by atoms with Gasteiger partial charge in [0.1, 0.15) is 5.75 Å². The number of rotatable bonds is 6. The van der Waals surface area contributed by atoms with Gasteiger partial charge in [0.25, 0.3) is 5.69 Å². The molecule has 0 unspecified atom stereocenters. The molecule has 0 spiro atoms. The highest BCUT2D eigenvalue weighted by Gasteiger charge is 2.37. The molecule has 1 aliphatic heterocycles. The van der Waals surface area contributed by atoms with E-state index in [0.717, 1.165) is 5.56 Å². The van der Waals surface area contributed by atoms with Gasteiger partial charge < -0.3 is 9.64 Å². The van der Waals surface area contributed by atoms with Crippen LogP contribution in [0.3, 0.4) is 0 Å². The summed E-state index contributed by atoms with van der Waals surface area (Å²) in [6.07, 6.45) is -0.000368. The molecule has 1 fully saturated rings. The van der Waals surface area contributed by atoms with Gasteiger partial charge in [0.05, 0.1) is 16.5 Å². The third-order valence-corrected chi connectivity index (χ3v) is 6.45. The predicted molar refractivity (Wildman–Crippen MR) is 129 cm³/mol. The van der Waals surface area contributed by atoms with Crippen LogP contribution in [0.4, 0.5) is 11.4 Å². The van der Waals surface area contributed by atoms with Crippen molar-refractivity contribution in [3.8, 4) is 5.75 Å². The fraction of sp³-hybridized carbons (Fsp3) is 0.259. The lowest BCUT2D eigenvalue weighted by Crippen LogP contribution is -2.27. The van der Waals surface area contributed by atoms with Crippen molar-refractivity contribution in [3.63, 3.8) is 0 Å². The zero-order chi connectivity index (χ0) is 24.5. The first-order valence-corrected chi connectivity index (χ1v) is 11.1. The number of carbonyl (C=O) groups is 2. The molecule has 0 aromatic heterocycles. The van der Waals surface area contributed by atoms with Crippen LogP contribution in [-0.4, -0.2) is 23.3 Å². The highest BCUT2D eigenvalue weighted by Crippen LogP contribution is 2.33. The summed E-state index contributed by atoms with van der Waals surface area (Å²) >= 11 is 0. The molecular weight excluding hydrogens is 432 g/mol. The molecule has 3 aromatic carbocycles. The second-order valence-corrected chi connectivity index (χ2v) is 9.07. The van der Waals surface area contributed by atoms with Crippen molar-refractivity contribution in [3.05, 3.63) is 99.6 Å². The number of nitrogens with zero attached hydrogens (tertiary/aromatic N) is 2. The van der Waals surface area contributed by atoms with Gasteiger partial charge in [0.2, 0.25) is 5.91 Å². The summed E-state index contributed by atoms with van der Waals surface area (Å²) in [5.41, 5.74) is 2.91. The van der Waals surface area contributed by atoms with Crippen molar-refractivity contribution in [2.75, 3.05) is 11.4 Å². The molecule has 174 valence electrons. The summed E-state index contributed by atoms with van der Waals surface area (Å²) < 4.78 is 5.56. The quantitative estimate of drug-likeness (QED) is 0.220. The summed E-state index contributed by atoms with van der Waals surface area (Å²) in [6.45, 7) is 6.03. The van der Waals surface area contributed by atoms with Gasteiger partial charge in [-0.25, -0.2) is 0 Å². The molecule has 4 rings (SSSR count). The molecule has 3 aromatic rings. The molecule has 0 saturated carbocycles. The zero-order valence-corrected chi connectivity index (χ0v) is 19.4. The Balaban J connectivity index is 1.44. The minimum Gasteiger partial charge on any atom is -0.426 e. The van der Waals surface area contributed by atoms with Gasteiger partial charge in [-0.3, -0.25) is 19.7 Å². The number of esters is 1. The smallest absolute Gasteiger partial charge is 0.316 e. The Labute approximate surface area is 198 Å². The van der Waals surface area contributed by atoms with Crippen molar-refractivity contribution < 1.29 is 19.2 Å². The van der Waals surface area contributed by atoms with Gasteiger partial charge in [-0.1, -0.05) is 62.4 Å². The maximum absolute atomic E-state index is 12.8. The third kappa shape index (κ3) is 4.55. The highest BCUT2D eigenvalue weighted by molar-refractivity contribution is 6.00. The number of nitro groups is 1. The van der Waals surface area contributed by atoms with Crippen LogP contribution in [0.25, 0.3) is 0 Å². The lowest BCUT2D eigenvalue weighted by molar-refractivity contribution is -0.385. The first-order valence-electron chi connectivity index (χ1n) is 11.1. The number of aryl methyl sites for hydroxylation is 1. The molecule has 1 heterocycles. The van der Waals surface area contributed by atoms with Crippen LogP contribution in [0.5, 0.6) is 5.75 Å². The van der Waals surface area contributed by atoms with Gasteiger partial charge in [0, 0.05) is 30.0 Å². The molecule has 0 aliphatic carbocycles. The fourth-order valence-corrected chi connectivity index (χ4v) is 4.24. The second-order valence-electron chi connectivity index (χ2n) is 9.07. The molecule has 0 bridgehead atoms. The fourth-order valence-electron chi connectivity index (χ4n) is 4.24. The van der Waals surface area contributed by atoms with Crippen LogP contribution in [-0.2, 0) is 15.0 Å². The van der Waals surface area contributed by atoms with Crippen LogP contribution in [0.1, 0.15) is 37.0 Å². The molecule has 1 amide bonds. The normalized spacial score (nSPS) is 15.9. The first kappa shape index (κ1) is 23.2. The molecule has 7 heteroatoms. The number of benzene rings is 3. The van der Waals surface area contributed by atoms with Gasteiger partial charge in [-0.2, -0.15) is 0 Å². The van der Waals surface area contributed by atoms with Gasteiger partial charge in [-0.05, 0) is 36.2 Å². The number of nitro benzene ring substituents is 1. The van der Waals surface area contributed by atoms with E-state index in [1.54, 1.807) is 31.2 Å². The maximum atomic E-state index is 12.8. The number of hydrogen-bond acceptors (Lipinski definition) is 5. The zero-order valence-electron chi connectivity index (χ0n) is 19.4. The topological polar surface area (TPSA) is 89.8 Å². The minimum atomic E-state index is -0.645. The molecule has 0 N–H and O–H groups in total.